The summed E-state index contributed by atoms with van der Waals surface area (Å²) in [5.41, 5.74) is 11.0. The van der Waals surface area contributed by atoms with Crippen LogP contribution in [0.1, 0.15) is 25.7 Å². The molecule has 27 heavy (non-hydrogen) atoms. The molecule has 0 spiro atoms. The second-order valence-corrected chi connectivity index (χ2v) is 7.31. The van der Waals surface area contributed by atoms with Gasteiger partial charge in [0.1, 0.15) is 5.52 Å². The third kappa shape index (κ3) is 2.91. The summed E-state index contributed by atoms with van der Waals surface area (Å²) in [6.07, 6.45) is 8.10. The van der Waals surface area contributed by atoms with Crippen LogP contribution in [0, 0.1) is 0 Å². The summed E-state index contributed by atoms with van der Waals surface area (Å²) in [4.78, 5) is 4.54. The molecule has 8 nitrogen and oxygen atoms in total. The number of aromatic nitrogens is 6. The van der Waals surface area contributed by atoms with Crippen LogP contribution in [0.15, 0.2) is 36.7 Å². The predicted octanol–water partition coefficient (Wildman–Crippen LogP) is 2.36. The Morgan fingerprint density at radius 3 is 2.81 bits per heavy atom. The minimum Gasteiger partial charge on any atom is -0.350 e. The Morgan fingerprint density at radius 1 is 1.11 bits per heavy atom. The van der Waals surface area contributed by atoms with Crippen LogP contribution in [-0.4, -0.2) is 41.7 Å². The highest BCUT2D eigenvalue weighted by Gasteiger charge is 2.19. The van der Waals surface area contributed by atoms with Gasteiger partial charge in [-0.25, -0.2) is 14.2 Å². The highest BCUT2D eigenvalue weighted by atomic mass is 15.4. The van der Waals surface area contributed by atoms with E-state index in [1.54, 1.807) is 4.68 Å². The first-order chi connectivity index (χ1) is 13.2. The molecule has 4 aromatic rings. The number of fused-ring (bicyclic) bond motifs is 2. The maximum absolute atomic E-state index is 5.99. The maximum atomic E-state index is 5.99. The molecule has 1 aromatic carbocycles. The van der Waals surface area contributed by atoms with E-state index < -0.39 is 0 Å². The van der Waals surface area contributed by atoms with Gasteiger partial charge in [0.05, 0.1) is 17.2 Å². The molecule has 138 valence electrons. The van der Waals surface area contributed by atoms with Gasteiger partial charge in [-0.15, -0.1) is 10.2 Å². The molecule has 8 heteroatoms. The van der Waals surface area contributed by atoms with Crippen LogP contribution in [0.5, 0.6) is 0 Å². The van der Waals surface area contributed by atoms with Crippen molar-refractivity contribution >= 4 is 22.5 Å². The van der Waals surface area contributed by atoms with E-state index in [2.05, 4.69) is 43.9 Å². The van der Waals surface area contributed by atoms with Crippen molar-refractivity contribution in [3.05, 3.63) is 36.7 Å². The third-order valence-electron chi connectivity index (χ3n) is 5.44. The molecule has 1 aliphatic rings. The average molecular weight is 362 g/mol. The number of nitrogens with two attached hydrogens (primary N) is 1. The Hall–Kier alpha value is -3.00. The molecular weight excluding hydrogens is 340 g/mol. The molecule has 0 bridgehead atoms. The summed E-state index contributed by atoms with van der Waals surface area (Å²) in [5, 5.41) is 16.3. The van der Waals surface area contributed by atoms with Crippen molar-refractivity contribution in [1.82, 2.24) is 29.6 Å². The molecule has 1 saturated carbocycles. The fourth-order valence-electron chi connectivity index (χ4n) is 3.85. The lowest BCUT2D eigenvalue weighted by atomic mass is 9.92. The van der Waals surface area contributed by atoms with Crippen LogP contribution >= 0.6 is 0 Å². The Kier molecular flexibility index (Phi) is 3.78. The fraction of sp³-hybridized carbons (Fsp3) is 0.368. The number of nitrogens with zero attached hydrogens (tertiary/aromatic N) is 6. The fourth-order valence-corrected chi connectivity index (χ4v) is 3.85. The van der Waals surface area contributed by atoms with Gasteiger partial charge in [0, 0.05) is 30.9 Å². The van der Waals surface area contributed by atoms with Gasteiger partial charge in [-0.05, 0) is 49.4 Å². The highest BCUT2D eigenvalue weighted by Crippen LogP contribution is 2.28. The summed E-state index contributed by atoms with van der Waals surface area (Å²) >= 11 is 0. The van der Waals surface area contributed by atoms with E-state index in [-0.39, 0.29) is 0 Å². The van der Waals surface area contributed by atoms with Crippen molar-refractivity contribution < 1.29 is 0 Å². The first-order valence-corrected chi connectivity index (χ1v) is 9.34. The Morgan fingerprint density at radius 2 is 1.96 bits per heavy atom. The lowest BCUT2D eigenvalue weighted by molar-refractivity contribution is 0.409. The van der Waals surface area contributed by atoms with Crippen molar-refractivity contribution in [2.75, 3.05) is 5.32 Å². The minimum absolute atomic E-state index is 0.338. The van der Waals surface area contributed by atoms with E-state index in [1.165, 1.54) is 0 Å². The molecule has 0 atom stereocenters. The van der Waals surface area contributed by atoms with Gasteiger partial charge < -0.3 is 11.1 Å². The van der Waals surface area contributed by atoms with Crippen molar-refractivity contribution in [2.24, 2.45) is 12.8 Å². The summed E-state index contributed by atoms with van der Waals surface area (Å²) in [7, 11) is 1.90. The summed E-state index contributed by atoms with van der Waals surface area (Å²) in [5.74, 6) is 0.663. The van der Waals surface area contributed by atoms with Gasteiger partial charge in [-0.2, -0.15) is 0 Å². The van der Waals surface area contributed by atoms with Crippen molar-refractivity contribution in [2.45, 2.75) is 37.8 Å². The highest BCUT2D eigenvalue weighted by molar-refractivity contribution is 5.87. The van der Waals surface area contributed by atoms with Crippen LogP contribution in [-0.2, 0) is 7.05 Å². The van der Waals surface area contributed by atoms with E-state index >= 15 is 0 Å². The lowest BCUT2D eigenvalue weighted by Gasteiger charge is -2.26. The Balaban J connectivity index is 1.45. The van der Waals surface area contributed by atoms with Gasteiger partial charge >= 0.3 is 0 Å². The minimum atomic E-state index is 0.338. The monoisotopic (exact) mass is 362 g/mol. The number of aryl methyl sites for hydroxylation is 1. The van der Waals surface area contributed by atoms with Crippen LogP contribution in [0.25, 0.3) is 27.7 Å². The second kappa shape index (κ2) is 6.31. The van der Waals surface area contributed by atoms with Gasteiger partial charge in [0.25, 0.3) is 0 Å². The molecule has 3 aromatic heterocycles. The molecule has 0 aliphatic heterocycles. The number of benzene rings is 1. The SMILES string of the molecule is Cn1nnc2ccc(-c3ccn4nc(N[C@H]5CC[C@@H](N)CC5)ncc34)cc21. The zero-order chi connectivity index (χ0) is 18.4. The summed E-state index contributed by atoms with van der Waals surface area (Å²) < 4.78 is 3.66. The standard InChI is InChI=1S/C19H22N8/c1-26-17-10-12(2-7-16(17)23-25-26)15-8-9-27-18(15)11-21-19(24-27)22-14-5-3-13(20)4-6-14/h2,7-11,13-14H,3-6,20H2,1H3,(H,22,24)/t13-,14+. The molecule has 3 N–H and O–H groups in total. The van der Waals surface area contributed by atoms with Crippen LogP contribution in [0.3, 0.4) is 0 Å². The average Bonchev–Trinajstić information content (AvgIpc) is 3.27. The second-order valence-electron chi connectivity index (χ2n) is 7.31. The first kappa shape index (κ1) is 16.2. The van der Waals surface area contributed by atoms with Gasteiger partial charge in [0.2, 0.25) is 5.95 Å². The zero-order valence-corrected chi connectivity index (χ0v) is 15.2. The molecule has 5 rings (SSSR count). The van der Waals surface area contributed by atoms with E-state index in [4.69, 9.17) is 5.73 Å². The summed E-state index contributed by atoms with van der Waals surface area (Å²) in [6.45, 7) is 0. The number of hydrogen-bond acceptors (Lipinski definition) is 6. The van der Waals surface area contributed by atoms with Crippen molar-refractivity contribution in [1.29, 1.82) is 0 Å². The van der Waals surface area contributed by atoms with Crippen LogP contribution in [0.2, 0.25) is 0 Å². The molecule has 0 saturated heterocycles. The van der Waals surface area contributed by atoms with Gasteiger partial charge in [-0.1, -0.05) is 11.3 Å². The van der Waals surface area contributed by atoms with Crippen molar-refractivity contribution in [3.63, 3.8) is 0 Å². The van der Waals surface area contributed by atoms with E-state index in [0.717, 1.165) is 53.4 Å². The third-order valence-corrected chi connectivity index (χ3v) is 5.44. The quantitative estimate of drug-likeness (QED) is 0.580. The summed E-state index contributed by atoms with van der Waals surface area (Å²) in [6, 6.07) is 8.96. The molecule has 1 fully saturated rings. The molecule has 3 heterocycles. The van der Waals surface area contributed by atoms with Gasteiger partial charge in [0.15, 0.2) is 0 Å². The number of anilines is 1. The number of rotatable bonds is 3. The van der Waals surface area contributed by atoms with E-state index in [9.17, 15) is 0 Å². The molecular formula is C19H22N8. The smallest absolute Gasteiger partial charge is 0.241 e. The number of nitrogens with one attached hydrogen (secondary N) is 1. The van der Waals surface area contributed by atoms with E-state index in [0.29, 0.717) is 18.0 Å². The lowest BCUT2D eigenvalue weighted by Crippen LogP contribution is -2.33. The largest absolute Gasteiger partial charge is 0.350 e. The van der Waals surface area contributed by atoms with Crippen molar-refractivity contribution in [3.8, 4) is 11.1 Å². The number of hydrogen-bond donors (Lipinski definition) is 2. The van der Waals surface area contributed by atoms with Crippen LogP contribution < -0.4 is 11.1 Å². The zero-order valence-electron chi connectivity index (χ0n) is 15.2. The molecule has 0 unspecified atom stereocenters. The van der Waals surface area contributed by atoms with E-state index in [1.807, 2.05) is 30.0 Å². The molecule has 0 amide bonds. The predicted molar refractivity (Wildman–Crippen MR) is 104 cm³/mol. The first-order valence-electron chi connectivity index (χ1n) is 9.34. The maximum Gasteiger partial charge on any atom is 0.241 e. The topological polar surface area (TPSA) is 99.0 Å². The Labute approximate surface area is 156 Å². The Bertz CT molecular complexity index is 1100. The van der Waals surface area contributed by atoms with Gasteiger partial charge in [-0.3, -0.25) is 0 Å². The molecule has 1 aliphatic carbocycles. The normalized spacial score (nSPS) is 20.4. The van der Waals surface area contributed by atoms with Crippen LogP contribution in [0.4, 0.5) is 5.95 Å². The molecule has 0 radical (unpaired) electrons.